The van der Waals surface area contributed by atoms with Gasteiger partial charge in [-0.1, -0.05) is 23.4 Å². The Morgan fingerprint density at radius 2 is 2.04 bits per heavy atom. The number of aryl methyl sites for hydroxylation is 1. The molecule has 2 rings (SSSR count). The number of aromatic nitrogens is 1. The van der Waals surface area contributed by atoms with Crippen LogP contribution in [0.4, 0.5) is 18.3 Å². The maximum atomic E-state index is 12.8. The minimum atomic E-state index is -4.43. The average molecular weight is 383 g/mol. The Bertz CT molecular complexity index is 677. The molecule has 0 amide bonds. The van der Waals surface area contributed by atoms with Gasteiger partial charge in [-0.15, -0.1) is 11.3 Å². The van der Waals surface area contributed by atoms with E-state index in [1.54, 1.807) is 0 Å². The number of thiazole rings is 1. The molecule has 0 saturated heterocycles. The molecule has 9 heteroatoms. The fraction of sp³-hybridized carbons (Fsp3) is 0.357. The van der Waals surface area contributed by atoms with Crippen LogP contribution in [-0.2, 0) is 12.6 Å². The molecule has 2 aromatic rings. The van der Waals surface area contributed by atoms with Crippen LogP contribution in [0.2, 0.25) is 5.02 Å². The van der Waals surface area contributed by atoms with E-state index >= 15 is 0 Å². The summed E-state index contributed by atoms with van der Waals surface area (Å²) < 4.78 is 38.5. The van der Waals surface area contributed by atoms with Crippen molar-refractivity contribution in [1.29, 1.82) is 0 Å². The van der Waals surface area contributed by atoms with Crippen molar-refractivity contribution in [3.63, 3.8) is 0 Å². The van der Waals surface area contributed by atoms with Crippen LogP contribution >= 0.6 is 34.7 Å². The monoisotopic (exact) mass is 382 g/mol. The maximum Gasteiger partial charge on any atom is 0.416 e. The maximum absolute atomic E-state index is 12.8. The summed E-state index contributed by atoms with van der Waals surface area (Å²) in [5.41, 5.74) is 4.95. The van der Waals surface area contributed by atoms with Gasteiger partial charge in [0.25, 0.3) is 0 Å². The molecule has 0 radical (unpaired) electrons. The first-order chi connectivity index (χ1) is 10.8. The van der Waals surface area contributed by atoms with E-state index < -0.39 is 11.7 Å². The highest BCUT2D eigenvalue weighted by molar-refractivity contribution is 7.99. The predicted molar refractivity (Wildman–Crippen MR) is 87.1 cm³/mol. The Labute approximate surface area is 144 Å². The number of nitrogen functional groups attached to an aromatic ring is 1. The Balaban J connectivity index is 2.25. The molecule has 1 heterocycles. The number of unbranched alkanes of at least 4 members (excludes halogenated alkanes) is 1. The highest BCUT2D eigenvalue weighted by atomic mass is 35.5. The van der Waals surface area contributed by atoms with Gasteiger partial charge in [0.2, 0.25) is 0 Å². The van der Waals surface area contributed by atoms with E-state index in [9.17, 15) is 13.2 Å². The van der Waals surface area contributed by atoms with Crippen LogP contribution in [0.5, 0.6) is 0 Å². The standard InChI is InChI=1S/C14H14ClF3N2OS2/c15-9-5-4-8(14(16,17)18)7-11(9)22-12-10(3-1-2-6-21)23-13(19)20-12/h4-5,7,21H,1-3,6H2,(H2,19,20). The summed E-state index contributed by atoms with van der Waals surface area (Å²) in [5.74, 6) is 0. The number of halogens is 4. The molecule has 0 aliphatic rings. The van der Waals surface area contributed by atoms with Gasteiger partial charge in [0.15, 0.2) is 5.13 Å². The summed E-state index contributed by atoms with van der Waals surface area (Å²) in [7, 11) is 0. The van der Waals surface area contributed by atoms with E-state index in [1.165, 1.54) is 17.4 Å². The molecule has 3 nitrogen and oxygen atoms in total. The second-order valence-corrected chi connectivity index (χ2v) is 7.26. The van der Waals surface area contributed by atoms with Crippen LogP contribution in [-0.4, -0.2) is 16.7 Å². The van der Waals surface area contributed by atoms with Gasteiger partial charge in [-0.2, -0.15) is 13.2 Å². The summed E-state index contributed by atoms with van der Waals surface area (Å²) in [6, 6.07) is 3.19. The van der Waals surface area contributed by atoms with E-state index in [1.807, 2.05) is 0 Å². The summed E-state index contributed by atoms with van der Waals surface area (Å²) >= 11 is 8.38. The molecule has 0 spiro atoms. The summed E-state index contributed by atoms with van der Waals surface area (Å²) in [4.78, 5) is 5.35. The van der Waals surface area contributed by atoms with Gasteiger partial charge in [-0.05, 0) is 37.5 Å². The van der Waals surface area contributed by atoms with E-state index in [2.05, 4.69) is 4.98 Å². The lowest BCUT2D eigenvalue weighted by atomic mass is 10.2. The Morgan fingerprint density at radius 1 is 1.30 bits per heavy atom. The lowest BCUT2D eigenvalue weighted by molar-refractivity contribution is -0.137. The lowest BCUT2D eigenvalue weighted by Crippen LogP contribution is -2.04. The Morgan fingerprint density at radius 3 is 2.70 bits per heavy atom. The minimum absolute atomic E-state index is 0.0935. The molecule has 126 valence electrons. The van der Waals surface area contributed by atoms with Crippen molar-refractivity contribution in [3.05, 3.63) is 33.7 Å². The van der Waals surface area contributed by atoms with Gasteiger partial charge in [0, 0.05) is 16.4 Å². The number of nitrogens with zero attached hydrogens (tertiary/aromatic N) is 1. The number of rotatable bonds is 6. The molecule has 0 saturated carbocycles. The van der Waals surface area contributed by atoms with Crippen LogP contribution in [0.3, 0.4) is 0 Å². The van der Waals surface area contributed by atoms with E-state index in [0.29, 0.717) is 23.0 Å². The molecule has 1 aromatic heterocycles. The van der Waals surface area contributed by atoms with E-state index in [4.69, 9.17) is 22.4 Å². The quantitative estimate of drug-likeness (QED) is 0.700. The third-order valence-corrected chi connectivity index (χ3v) is 5.56. The van der Waals surface area contributed by atoms with Gasteiger partial charge in [-0.25, -0.2) is 4.98 Å². The largest absolute Gasteiger partial charge is 0.416 e. The second-order valence-electron chi connectivity index (χ2n) is 4.71. The summed E-state index contributed by atoms with van der Waals surface area (Å²) in [5, 5.41) is 9.98. The second kappa shape index (κ2) is 7.74. The highest BCUT2D eigenvalue weighted by Gasteiger charge is 2.31. The summed E-state index contributed by atoms with van der Waals surface area (Å²) in [6.07, 6.45) is -2.37. The van der Waals surface area contributed by atoms with Crippen molar-refractivity contribution in [2.24, 2.45) is 0 Å². The number of aliphatic hydroxyl groups is 1. The minimum Gasteiger partial charge on any atom is -0.396 e. The molecule has 0 aliphatic carbocycles. The van der Waals surface area contributed by atoms with Gasteiger partial charge in [-0.3, -0.25) is 0 Å². The molecule has 0 aliphatic heterocycles. The molecule has 0 fully saturated rings. The molecule has 23 heavy (non-hydrogen) atoms. The third-order valence-electron chi connectivity index (χ3n) is 2.96. The number of anilines is 1. The van der Waals surface area contributed by atoms with Gasteiger partial charge < -0.3 is 10.8 Å². The van der Waals surface area contributed by atoms with Crippen molar-refractivity contribution >= 4 is 39.8 Å². The first kappa shape index (κ1) is 18.4. The molecular formula is C14H14ClF3N2OS2. The highest BCUT2D eigenvalue weighted by Crippen LogP contribution is 2.40. The number of aliphatic hydroxyl groups excluding tert-OH is 1. The number of alkyl halides is 3. The van der Waals surface area contributed by atoms with Crippen molar-refractivity contribution < 1.29 is 18.3 Å². The molecule has 0 bridgehead atoms. The fourth-order valence-corrected chi connectivity index (χ4v) is 4.08. The van der Waals surface area contributed by atoms with Crippen molar-refractivity contribution in [3.8, 4) is 0 Å². The number of hydrogen-bond acceptors (Lipinski definition) is 5. The Hall–Kier alpha value is -0.960. The van der Waals surface area contributed by atoms with Crippen LogP contribution in [0, 0.1) is 0 Å². The molecule has 3 N–H and O–H groups in total. The van der Waals surface area contributed by atoms with E-state index in [-0.39, 0.29) is 16.5 Å². The van der Waals surface area contributed by atoms with Gasteiger partial charge in [0.1, 0.15) is 5.03 Å². The molecular weight excluding hydrogens is 369 g/mol. The zero-order chi connectivity index (χ0) is 17.0. The molecule has 0 atom stereocenters. The van der Waals surface area contributed by atoms with Crippen LogP contribution in [0.15, 0.2) is 28.1 Å². The smallest absolute Gasteiger partial charge is 0.396 e. The van der Waals surface area contributed by atoms with Crippen molar-refractivity contribution in [2.75, 3.05) is 12.3 Å². The van der Waals surface area contributed by atoms with Crippen molar-refractivity contribution in [2.45, 2.75) is 35.4 Å². The Kier molecular flexibility index (Phi) is 6.19. The van der Waals surface area contributed by atoms with E-state index in [0.717, 1.165) is 35.2 Å². The topological polar surface area (TPSA) is 59.1 Å². The number of hydrogen-bond donors (Lipinski definition) is 2. The van der Waals surface area contributed by atoms with Crippen molar-refractivity contribution in [1.82, 2.24) is 4.98 Å². The van der Waals surface area contributed by atoms with Gasteiger partial charge in [0.05, 0.1) is 10.6 Å². The number of nitrogens with two attached hydrogens (primary N) is 1. The van der Waals surface area contributed by atoms with Gasteiger partial charge >= 0.3 is 6.18 Å². The van der Waals surface area contributed by atoms with Crippen LogP contribution < -0.4 is 5.73 Å². The SMILES string of the molecule is Nc1nc(Sc2cc(C(F)(F)F)ccc2Cl)c(CCCCO)s1. The molecule has 0 unspecified atom stereocenters. The first-order valence-electron chi connectivity index (χ1n) is 6.72. The van der Waals surface area contributed by atoms with Crippen LogP contribution in [0.1, 0.15) is 23.3 Å². The zero-order valence-electron chi connectivity index (χ0n) is 11.9. The third kappa shape index (κ3) is 5.00. The summed E-state index contributed by atoms with van der Waals surface area (Å²) in [6.45, 7) is 0.0935. The lowest BCUT2D eigenvalue weighted by Gasteiger charge is -2.10. The average Bonchev–Trinajstić information content (AvgIpc) is 2.80. The fourth-order valence-electron chi connectivity index (χ4n) is 1.85. The normalized spacial score (nSPS) is 11.9. The molecule has 1 aromatic carbocycles. The number of benzene rings is 1. The first-order valence-corrected chi connectivity index (χ1v) is 8.73. The zero-order valence-corrected chi connectivity index (χ0v) is 14.2. The van der Waals surface area contributed by atoms with Crippen LogP contribution in [0.25, 0.3) is 0 Å². The predicted octanol–water partition coefficient (Wildman–Crippen LogP) is 4.86.